The van der Waals surface area contributed by atoms with Crippen molar-refractivity contribution in [3.8, 4) is 5.75 Å². The molecular formula is C12H16FNO3. The van der Waals surface area contributed by atoms with E-state index in [0.717, 1.165) is 0 Å². The summed E-state index contributed by atoms with van der Waals surface area (Å²) in [6, 6.07) is 4.28. The van der Waals surface area contributed by atoms with Crippen molar-refractivity contribution in [2.45, 2.75) is 13.8 Å². The molecule has 1 aromatic rings. The van der Waals surface area contributed by atoms with E-state index >= 15 is 0 Å². The van der Waals surface area contributed by atoms with Gasteiger partial charge in [-0.05, 0) is 26.0 Å². The number of carbonyl (C=O) groups excluding carboxylic acids is 1. The van der Waals surface area contributed by atoms with Crippen molar-refractivity contribution in [2.24, 2.45) is 0 Å². The first-order chi connectivity index (χ1) is 8.17. The number of anilines is 1. The fourth-order valence-electron chi connectivity index (χ4n) is 1.24. The summed E-state index contributed by atoms with van der Waals surface area (Å²) < 4.78 is 23.4. The fourth-order valence-corrected chi connectivity index (χ4v) is 1.24. The van der Waals surface area contributed by atoms with Crippen LogP contribution >= 0.6 is 0 Å². The lowest BCUT2D eigenvalue weighted by atomic mass is 10.3. The van der Waals surface area contributed by atoms with Crippen LogP contribution in [0.25, 0.3) is 0 Å². The van der Waals surface area contributed by atoms with Crippen LogP contribution in [-0.4, -0.2) is 25.7 Å². The van der Waals surface area contributed by atoms with Crippen LogP contribution < -0.4 is 10.1 Å². The normalized spacial score (nSPS) is 10.1. The molecule has 4 nitrogen and oxygen atoms in total. The predicted molar refractivity (Wildman–Crippen MR) is 62.7 cm³/mol. The van der Waals surface area contributed by atoms with Crippen molar-refractivity contribution < 1.29 is 18.7 Å². The molecule has 0 aliphatic heterocycles. The summed E-state index contributed by atoms with van der Waals surface area (Å²) in [5.41, 5.74) is 0.385. The molecule has 1 amide bonds. The van der Waals surface area contributed by atoms with E-state index in [0.29, 0.717) is 18.9 Å². The van der Waals surface area contributed by atoms with E-state index in [1.165, 1.54) is 12.1 Å². The van der Waals surface area contributed by atoms with Crippen LogP contribution in [-0.2, 0) is 9.53 Å². The van der Waals surface area contributed by atoms with Crippen LogP contribution in [0.4, 0.5) is 10.1 Å². The molecule has 1 N–H and O–H groups in total. The minimum atomic E-state index is -0.499. The Bertz CT molecular complexity index is 382. The summed E-state index contributed by atoms with van der Waals surface area (Å²) in [6.07, 6.45) is 0. The number of ether oxygens (including phenoxy) is 2. The van der Waals surface area contributed by atoms with Gasteiger partial charge < -0.3 is 14.8 Å². The van der Waals surface area contributed by atoms with Crippen LogP contribution in [0.5, 0.6) is 5.75 Å². The van der Waals surface area contributed by atoms with Gasteiger partial charge in [-0.3, -0.25) is 4.79 Å². The second kappa shape index (κ2) is 6.85. The number of amides is 1. The van der Waals surface area contributed by atoms with Crippen LogP contribution in [0.3, 0.4) is 0 Å². The highest BCUT2D eigenvalue weighted by Crippen LogP contribution is 2.20. The summed E-state index contributed by atoms with van der Waals surface area (Å²) in [5.74, 6) is -0.633. The number of hydrogen-bond acceptors (Lipinski definition) is 3. The van der Waals surface area contributed by atoms with Gasteiger partial charge in [-0.15, -0.1) is 0 Å². The third kappa shape index (κ3) is 4.40. The van der Waals surface area contributed by atoms with Crippen LogP contribution in [0, 0.1) is 5.82 Å². The molecule has 17 heavy (non-hydrogen) atoms. The van der Waals surface area contributed by atoms with Crippen LogP contribution in [0.1, 0.15) is 13.8 Å². The minimum absolute atomic E-state index is 0.0364. The Morgan fingerprint density at radius 2 is 2.12 bits per heavy atom. The number of benzene rings is 1. The number of halogens is 1. The van der Waals surface area contributed by atoms with Crippen molar-refractivity contribution >= 4 is 11.6 Å². The molecule has 0 unspecified atom stereocenters. The molecule has 5 heteroatoms. The standard InChI is InChI=1S/C12H16FNO3/c1-3-16-8-12(15)14-9-5-6-11(17-4-2)10(13)7-9/h5-7H,3-4,8H2,1-2H3,(H,14,15). The van der Waals surface area contributed by atoms with Crippen molar-refractivity contribution in [1.29, 1.82) is 0 Å². The monoisotopic (exact) mass is 241 g/mol. The molecule has 0 heterocycles. The second-order valence-electron chi connectivity index (χ2n) is 3.26. The molecule has 0 atom stereocenters. The van der Waals surface area contributed by atoms with Crippen molar-refractivity contribution in [3.63, 3.8) is 0 Å². The average Bonchev–Trinajstić information content (AvgIpc) is 2.30. The highest BCUT2D eigenvalue weighted by atomic mass is 19.1. The van der Waals surface area contributed by atoms with E-state index in [9.17, 15) is 9.18 Å². The van der Waals surface area contributed by atoms with Gasteiger partial charge in [0.05, 0.1) is 6.61 Å². The van der Waals surface area contributed by atoms with E-state index in [-0.39, 0.29) is 18.3 Å². The summed E-state index contributed by atoms with van der Waals surface area (Å²) in [6.45, 7) is 4.39. The molecule has 1 aromatic carbocycles. The van der Waals surface area contributed by atoms with Gasteiger partial charge in [-0.2, -0.15) is 0 Å². The van der Waals surface area contributed by atoms with Crippen LogP contribution in [0.15, 0.2) is 18.2 Å². The third-order valence-electron chi connectivity index (χ3n) is 1.95. The molecule has 1 rings (SSSR count). The van der Waals surface area contributed by atoms with Gasteiger partial charge in [0.1, 0.15) is 6.61 Å². The van der Waals surface area contributed by atoms with Gasteiger partial charge in [0, 0.05) is 18.4 Å². The molecule has 0 aliphatic rings. The minimum Gasteiger partial charge on any atom is -0.491 e. The summed E-state index contributed by atoms with van der Waals surface area (Å²) >= 11 is 0. The Hall–Kier alpha value is -1.62. The van der Waals surface area contributed by atoms with Crippen molar-refractivity contribution in [1.82, 2.24) is 0 Å². The maximum atomic E-state index is 13.4. The Labute approximate surface area is 99.7 Å². The molecule has 0 spiro atoms. The summed E-state index contributed by atoms with van der Waals surface area (Å²) in [4.78, 5) is 11.3. The Morgan fingerprint density at radius 1 is 1.35 bits per heavy atom. The van der Waals surface area contributed by atoms with Gasteiger partial charge in [-0.1, -0.05) is 0 Å². The molecule has 0 bridgehead atoms. The molecule has 0 fully saturated rings. The van der Waals surface area contributed by atoms with Gasteiger partial charge in [0.2, 0.25) is 5.91 Å². The SMILES string of the molecule is CCOCC(=O)Nc1ccc(OCC)c(F)c1. The molecule has 94 valence electrons. The second-order valence-corrected chi connectivity index (χ2v) is 3.26. The van der Waals surface area contributed by atoms with E-state index in [1.54, 1.807) is 19.9 Å². The fraction of sp³-hybridized carbons (Fsp3) is 0.417. The highest BCUT2D eigenvalue weighted by Gasteiger charge is 2.06. The zero-order valence-corrected chi connectivity index (χ0v) is 9.96. The lowest BCUT2D eigenvalue weighted by Gasteiger charge is -2.08. The summed E-state index contributed by atoms with van der Waals surface area (Å²) in [7, 11) is 0. The molecular weight excluding hydrogens is 225 g/mol. The van der Waals surface area contributed by atoms with Crippen molar-refractivity contribution in [2.75, 3.05) is 25.1 Å². The lowest BCUT2D eigenvalue weighted by Crippen LogP contribution is -2.18. The van der Waals surface area contributed by atoms with Crippen molar-refractivity contribution in [3.05, 3.63) is 24.0 Å². The largest absolute Gasteiger partial charge is 0.491 e. The zero-order chi connectivity index (χ0) is 12.7. The van der Waals surface area contributed by atoms with E-state index in [4.69, 9.17) is 9.47 Å². The smallest absolute Gasteiger partial charge is 0.250 e. The Kier molecular flexibility index (Phi) is 5.42. The maximum absolute atomic E-state index is 13.4. The first-order valence-electron chi connectivity index (χ1n) is 5.47. The van der Waals surface area contributed by atoms with E-state index in [1.807, 2.05) is 0 Å². The molecule has 0 aliphatic carbocycles. The van der Waals surface area contributed by atoms with E-state index < -0.39 is 5.82 Å². The van der Waals surface area contributed by atoms with Gasteiger partial charge in [0.25, 0.3) is 0 Å². The summed E-state index contributed by atoms with van der Waals surface area (Å²) in [5, 5.41) is 2.53. The molecule has 0 radical (unpaired) electrons. The predicted octanol–water partition coefficient (Wildman–Crippen LogP) is 2.20. The molecule has 0 saturated heterocycles. The average molecular weight is 241 g/mol. The third-order valence-corrected chi connectivity index (χ3v) is 1.95. The van der Waals surface area contributed by atoms with Gasteiger partial charge >= 0.3 is 0 Å². The lowest BCUT2D eigenvalue weighted by molar-refractivity contribution is -0.120. The number of nitrogens with one attached hydrogen (secondary N) is 1. The first-order valence-corrected chi connectivity index (χ1v) is 5.47. The molecule has 0 aromatic heterocycles. The topological polar surface area (TPSA) is 47.6 Å². The van der Waals surface area contributed by atoms with Gasteiger partial charge in [-0.25, -0.2) is 4.39 Å². The number of carbonyl (C=O) groups is 1. The van der Waals surface area contributed by atoms with Crippen LogP contribution in [0.2, 0.25) is 0 Å². The quantitative estimate of drug-likeness (QED) is 0.830. The number of hydrogen-bond donors (Lipinski definition) is 1. The maximum Gasteiger partial charge on any atom is 0.250 e. The highest BCUT2D eigenvalue weighted by molar-refractivity contribution is 5.91. The zero-order valence-electron chi connectivity index (χ0n) is 9.96. The first kappa shape index (κ1) is 13.4. The number of rotatable bonds is 6. The molecule has 0 saturated carbocycles. The Morgan fingerprint density at radius 3 is 2.71 bits per heavy atom. The van der Waals surface area contributed by atoms with Gasteiger partial charge in [0.15, 0.2) is 11.6 Å². The Balaban J connectivity index is 2.60. The van der Waals surface area contributed by atoms with E-state index in [2.05, 4.69) is 5.32 Å².